The predicted molar refractivity (Wildman–Crippen MR) is 124 cm³/mol. The van der Waals surface area contributed by atoms with Gasteiger partial charge in [-0.05, 0) is 49.2 Å². The molecule has 2 rings (SSSR count). The van der Waals surface area contributed by atoms with Gasteiger partial charge in [0.25, 0.3) is 11.8 Å². The zero-order valence-corrected chi connectivity index (χ0v) is 19.8. The molecule has 0 heterocycles. The summed E-state index contributed by atoms with van der Waals surface area (Å²) in [5.74, 6) is -0.461. The Morgan fingerprint density at radius 3 is 2.57 bits per heavy atom. The molecule has 6 nitrogen and oxygen atoms in total. The van der Waals surface area contributed by atoms with Crippen molar-refractivity contribution in [2.45, 2.75) is 26.8 Å². The van der Waals surface area contributed by atoms with Crippen LogP contribution in [0.2, 0.25) is 10.0 Å². The first-order chi connectivity index (χ1) is 14.2. The zero-order valence-electron chi connectivity index (χ0n) is 16.7. The van der Waals surface area contributed by atoms with Gasteiger partial charge < -0.3 is 10.1 Å². The van der Waals surface area contributed by atoms with E-state index in [0.717, 1.165) is 4.47 Å². The Morgan fingerprint density at radius 2 is 1.93 bits per heavy atom. The van der Waals surface area contributed by atoms with E-state index in [1.54, 1.807) is 6.07 Å². The Labute approximate surface area is 194 Å². The predicted octanol–water partition coefficient (Wildman–Crippen LogP) is 5.06. The second-order valence-electron chi connectivity index (χ2n) is 6.67. The van der Waals surface area contributed by atoms with Gasteiger partial charge in [-0.1, -0.05) is 53.0 Å². The average molecular weight is 515 g/mol. The molecule has 2 aromatic carbocycles. The van der Waals surface area contributed by atoms with E-state index in [4.69, 9.17) is 27.9 Å². The fourth-order valence-corrected chi connectivity index (χ4v) is 3.44. The summed E-state index contributed by atoms with van der Waals surface area (Å²) >= 11 is 15.4. The molecule has 0 bridgehead atoms. The molecule has 2 N–H and O–H groups in total. The van der Waals surface area contributed by atoms with Crippen molar-refractivity contribution in [3.63, 3.8) is 0 Å². The van der Waals surface area contributed by atoms with Crippen molar-refractivity contribution in [3.05, 3.63) is 62.0 Å². The van der Waals surface area contributed by atoms with Crippen molar-refractivity contribution in [1.82, 2.24) is 10.7 Å². The monoisotopic (exact) mass is 513 g/mol. The quantitative estimate of drug-likeness (QED) is 0.381. The maximum absolute atomic E-state index is 12.6. The van der Waals surface area contributed by atoms with Gasteiger partial charge in [-0.2, -0.15) is 5.10 Å². The van der Waals surface area contributed by atoms with Gasteiger partial charge in [0, 0.05) is 15.1 Å². The van der Waals surface area contributed by atoms with Gasteiger partial charge in [-0.25, -0.2) is 5.43 Å². The number of rotatable bonds is 8. The van der Waals surface area contributed by atoms with Gasteiger partial charge in [0.05, 0.1) is 23.4 Å². The van der Waals surface area contributed by atoms with E-state index in [1.165, 1.54) is 18.3 Å². The number of amides is 2. The van der Waals surface area contributed by atoms with Gasteiger partial charge in [-0.3, -0.25) is 9.59 Å². The highest BCUT2D eigenvalue weighted by Crippen LogP contribution is 2.22. The minimum Gasteiger partial charge on any atom is -0.493 e. The molecule has 1 unspecified atom stereocenters. The van der Waals surface area contributed by atoms with E-state index in [1.807, 2.05) is 39.0 Å². The van der Waals surface area contributed by atoms with Crippen LogP contribution in [0.5, 0.6) is 5.75 Å². The Morgan fingerprint density at radius 1 is 1.20 bits per heavy atom. The Balaban J connectivity index is 2.10. The van der Waals surface area contributed by atoms with Crippen LogP contribution in [0.15, 0.2) is 46.0 Å². The second kappa shape index (κ2) is 11.3. The molecule has 0 fully saturated rings. The second-order valence-corrected chi connectivity index (χ2v) is 8.43. The Bertz CT molecular complexity index is 951. The minimum absolute atomic E-state index is 0.180. The van der Waals surface area contributed by atoms with E-state index in [0.29, 0.717) is 22.9 Å². The molecule has 0 aliphatic rings. The van der Waals surface area contributed by atoms with Gasteiger partial charge in [0.1, 0.15) is 11.8 Å². The first-order valence-corrected chi connectivity index (χ1v) is 10.8. The fourth-order valence-electron chi connectivity index (χ4n) is 2.57. The molecule has 2 amide bonds. The number of hydrogen-bond acceptors (Lipinski definition) is 4. The molecule has 0 saturated carbocycles. The number of hydrogen-bond donors (Lipinski definition) is 2. The molecule has 0 aliphatic carbocycles. The third-order valence-electron chi connectivity index (χ3n) is 4.06. The molecule has 0 saturated heterocycles. The highest BCUT2D eigenvalue weighted by Gasteiger charge is 2.25. The van der Waals surface area contributed by atoms with Crippen molar-refractivity contribution in [3.8, 4) is 5.75 Å². The van der Waals surface area contributed by atoms with E-state index in [2.05, 4.69) is 31.8 Å². The van der Waals surface area contributed by atoms with Crippen LogP contribution in [0, 0.1) is 5.92 Å². The lowest BCUT2D eigenvalue weighted by Crippen LogP contribution is -2.48. The van der Waals surface area contributed by atoms with Crippen LogP contribution in [-0.2, 0) is 4.79 Å². The molecule has 0 spiro atoms. The van der Waals surface area contributed by atoms with E-state index >= 15 is 0 Å². The SMILES string of the molecule is CCOc1ccc(Br)cc1/C=N/NC(=O)C(NC(=O)c1ccc(Cl)cc1Cl)C(C)C. The molecular weight excluding hydrogens is 493 g/mol. The summed E-state index contributed by atoms with van der Waals surface area (Å²) in [6, 6.07) is 9.22. The third-order valence-corrected chi connectivity index (χ3v) is 5.10. The maximum atomic E-state index is 12.6. The van der Waals surface area contributed by atoms with Crippen LogP contribution >= 0.6 is 39.1 Å². The first kappa shape index (κ1) is 24.2. The molecule has 2 aromatic rings. The highest BCUT2D eigenvalue weighted by atomic mass is 79.9. The van der Waals surface area contributed by atoms with Crippen LogP contribution in [0.3, 0.4) is 0 Å². The summed E-state index contributed by atoms with van der Waals surface area (Å²) in [4.78, 5) is 25.2. The summed E-state index contributed by atoms with van der Waals surface area (Å²) < 4.78 is 6.41. The van der Waals surface area contributed by atoms with Crippen LogP contribution in [0.4, 0.5) is 0 Å². The van der Waals surface area contributed by atoms with E-state index in [9.17, 15) is 9.59 Å². The molecule has 0 aliphatic heterocycles. The molecule has 160 valence electrons. The highest BCUT2D eigenvalue weighted by molar-refractivity contribution is 9.10. The summed E-state index contributed by atoms with van der Waals surface area (Å²) in [7, 11) is 0. The first-order valence-electron chi connectivity index (χ1n) is 9.24. The number of nitrogens with one attached hydrogen (secondary N) is 2. The lowest BCUT2D eigenvalue weighted by molar-refractivity contribution is -0.123. The smallest absolute Gasteiger partial charge is 0.262 e. The largest absolute Gasteiger partial charge is 0.493 e. The number of ether oxygens (including phenoxy) is 1. The van der Waals surface area contributed by atoms with E-state index < -0.39 is 17.9 Å². The Hall–Kier alpha value is -2.09. The molecule has 9 heteroatoms. The molecular formula is C21H22BrCl2N3O3. The van der Waals surface area contributed by atoms with Crippen LogP contribution in [0.25, 0.3) is 0 Å². The maximum Gasteiger partial charge on any atom is 0.262 e. The number of benzene rings is 2. The normalized spacial score (nSPS) is 12.1. The molecule has 0 radical (unpaired) electrons. The van der Waals surface area contributed by atoms with Crippen molar-refractivity contribution >= 4 is 57.2 Å². The van der Waals surface area contributed by atoms with E-state index in [-0.39, 0.29) is 16.5 Å². The number of carbonyl (C=O) groups is 2. The van der Waals surface area contributed by atoms with Gasteiger partial charge in [0.15, 0.2) is 0 Å². The average Bonchev–Trinajstić information content (AvgIpc) is 2.67. The number of carbonyl (C=O) groups excluding carboxylic acids is 2. The number of nitrogens with zero attached hydrogens (tertiary/aromatic N) is 1. The van der Waals surface area contributed by atoms with Crippen LogP contribution in [0.1, 0.15) is 36.7 Å². The molecule has 1 atom stereocenters. The van der Waals surface area contributed by atoms with Gasteiger partial charge in [0.2, 0.25) is 0 Å². The minimum atomic E-state index is -0.810. The zero-order chi connectivity index (χ0) is 22.3. The lowest BCUT2D eigenvalue weighted by Gasteiger charge is -2.20. The summed E-state index contributed by atoms with van der Waals surface area (Å²) in [6.07, 6.45) is 1.49. The summed E-state index contributed by atoms with van der Waals surface area (Å²) in [6.45, 7) is 6.02. The summed E-state index contributed by atoms with van der Waals surface area (Å²) in [5.41, 5.74) is 3.41. The number of halogens is 3. The fraction of sp³-hybridized carbons (Fsp3) is 0.286. The molecule has 30 heavy (non-hydrogen) atoms. The Kier molecular flexibility index (Phi) is 9.14. The topological polar surface area (TPSA) is 79.8 Å². The lowest BCUT2D eigenvalue weighted by atomic mass is 10.0. The van der Waals surface area contributed by atoms with Crippen molar-refractivity contribution in [2.75, 3.05) is 6.61 Å². The standard InChI is InChI=1S/C21H22BrCl2N3O3/c1-4-30-18-8-5-14(22)9-13(18)11-25-27-21(29)19(12(2)3)26-20(28)16-7-6-15(23)10-17(16)24/h5-12,19H,4H2,1-3H3,(H,26,28)(H,27,29)/b25-11+. The third kappa shape index (κ3) is 6.72. The van der Waals surface area contributed by atoms with Gasteiger partial charge >= 0.3 is 0 Å². The van der Waals surface area contributed by atoms with Crippen LogP contribution < -0.4 is 15.5 Å². The number of hydrazone groups is 1. The van der Waals surface area contributed by atoms with Gasteiger partial charge in [-0.15, -0.1) is 0 Å². The van der Waals surface area contributed by atoms with Crippen molar-refractivity contribution < 1.29 is 14.3 Å². The van der Waals surface area contributed by atoms with Crippen LogP contribution in [-0.4, -0.2) is 30.7 Å². The van der Waals surface area contributed by atoms with Crippen molar-refractivity contribution in [2.24, 2.45) is 11.0 Å². The van der Waals surface area contributed by atoms with Crippen molar-refractivity contribution in [1.29, 1.82) is 0 Å². The molecule has 0 aromatic heterocycles. The summed E-state index contributed by atoms with van der Waals surface area (Å²) in [5, 5.41) is 7.34.